The zero-order valence-electron chi connectivity index (χ0n) is 17.7. The minimum absolute atomic E-state index is 0.0199. The number of nitrogens with zero attached hydrogens (tertiary/aromatic N) is 3. The van der Waals surface area contributed by atoms with Crippen LogP contribution in [-0.4, -0.2) is 39.5 Å². The molecule has 0 unspecified atom stereocenters. The van der Waals surface area contributed by atoms with Crippen LogP contribution in [0.4, 0.5) is 4.39 Å². The second-order valence-electron chi connectivity index (χ2n) is 7.92. The van der Waals surface area contributed by atoms with Gasteiger partial charge in [0.1, 0.15) is 30.6 Å². The van der Waals surface area contributed by atoms with Gasteiger partial charge in [-0.3, -0.25) is 4.98 Å². The van der Waals surface area contributed by atoms with E-state index in [1.807, 2.05) is 6.92 Å². The summed E-state index contributed by atoms with van der Waals surface area (Å²) in [4.78, 5) is 23.3. The molecule has 31 heavy (non-hydrogen) atoms. The summed E-state index contributed by atoms with van der Waals surface area (Å²) < 4.78 is 30.5. The molecule has 0 saturated heterocycles. The summed E-state index contributed by atoms with van der Waals surface area (Å²) in [7, 11) is 0. The van der Waals surface area contributed by atoms with Crippen LogP contribution >= 0.6 is 11.6 Å². The Bertz CT molecular complexity index is 860. The number of ether oxygens (including phenoxy) is 3. The Morgan fingerprint density at radius 1 is 1.16 bits per heavy atom. The van der Waals surface area contributed by atoms with Crippen molar-refractivity contribution < 1.29 is 23.4 Å². The highest BCUT2D eigenvalue weighted by Crippen LogP contribution is 2.33. The predicted molar refractivity (Wildman–Crippen MR) is 113 cm³/mol. The topological polar surface area (TPSA) is 83.4 Å². The van der Waals surface area contributed by atoms with Gasteiger partial charge >= 0.3 is 0 Å². The Hall–Kier alpha value is -2.32. The number of ketones is 1. The summed E-state index contributed by atoms with van der Waals surface area (Å²) in [6, 6.07) is 2.84. The van der Waals surface area contributed by atoms with Gasteiger partial charge in [0, 0.05) is 13.0 Å². The van der Waals surface area contributed by atoms with E-state index < -0.39 is 5.82 Å². The van der Waals surface area contributed by atoms with Crippen LogP contribution in [0.1, 0.15) is 51.6 Å². The first-order valence-corrected chi connectivity index (χ1v) is 10.8. The van der Waals surface area contributed by atoms with Crippen LogP contribution in [-0.2, 0) is 16.1 Å². The van der Waals surface area contributed by atoms with Crippen molar-refractivity contribution in [3.8, 4) is 11.8 Å². The van der Waals surface area contributed by atoms with Crippen molar-refractivity contribution >= 4 is 17.4 Å². The second kappa shape index (κ2) is 11.3. The molecule has 1 fully saturated rings. The Balaban J connectivity index is 1.47. The van der Waals surface area contributed by atoms with E-state index in [9.17, 15) is 9.18 Å². The van der Waals surface area contributed by atoms with Crippen LogP contribution in [0.2, 0.25) is 5.02 Å². The number of Topliss-reactive ketones (excluding diaryl/α,β-unsaturated/α-hetero) is 1. The summed E-state index contributed by atoms with van der Waals surface area (Å²) in [5, 5.41) is 0.195. The molecule has 3 rings (SSSR count). The molecule has 0 aliphatic heterocycles. The fourth-order valence-corrected chi connectivity index (χ4v) is 3.68. The zero-order chi connectivity index (χ0) is 22.2. The number of aromatic nitrogens is 3. The van der Waals surface area contributed by atoms with Crippen molar-refractivity contribution in [2.75, 3.05) is 6.61 Å². The summed E-state index contributed by atoms with van der Waals surface area (Å²) in [6.45, 7) is 4.32. The molecule has 168 valence electrons. The number of carbonyl (C=O) groups is 1. The first kappa shape index (κ1) is 23.3. The molecule has 0 aromatic carbocycles. The summed E-state index contributed by atoms with van der Waals surface area (Å²) in [5.41, 5.74) is 0.550. The molecule has 2 aromatic rings. The molecule has 2 heterocycles. The van der Waals surface area contributed by atoms with E-state index in [0.717, 1.165) is 31.9 Å². The van der Waals surface area contributed by atoms with Gasteiger partial charge in [-0.15, -0.1) is 0 Å². The fourth-order valence-electron chi connectivity index (χ4n) is 3.48. The summed E-state index contributed by atoms with van der Waals surface area (Å²) in [6.07, 6.45) is 6.55. The lowest BCUT2D eigenvalue weighted by Crippen LogP contribution is -2.29. The molecular weight excluding hydrogens is 425 g/mol. The van der Waals surface area contributed by atoms with E-state index in [0.29, 0.717) is 18.7 Å². The molecule has 0 bridgehead atoms. The molecule has 7 nitrogen and oxygen atoms in total. The van der Waals surface area contributed by atoms with Crippen LogP contribution in [0.25, 0.3) is 0 Å². The van der Waals surface area contributed by atoms with Gasteiger partial charge in [-0.25, -0.2) is 14.4 Å². The van der Waals surface area contributed by atoms with Gasteiger partial charge in [-0.1, -0.05) is 18.5 Å². The number of pyridine rings is 1. The van der Waals surface area contributed by atoms with E-state index >= 15 is 0 Å². The van der Waals surface area contributed by atoms with E-state index in [2.05, 4.69) is 15.0 Å². The summed E-state index contributed by atoms with van der Waals surface area (Å²) in [5.74, 6) is 0.472. The second-order valence-corrected chi connectivity index (χ2v) is 8.29. The lowest BCUT2D eigenvalue weighted by Gasteiger charge is -2.29. The van der Waals surface area contributed by atoms with Gasteiger partial charge in [0.05, 0.1) is 18.0 Å². The number of halogens is 2. The maximum absolute atomic E-state index is 13.0. The standard InChI is InChI=1S/C22H27ClFN3O4/c1-14(9-15(2)28)11-29-18-5-7-19(8-6-18)31-22-20(23)21(26-13-27-22)30-12-17-4-3-16(24)10-25-17/h3-4,10,13-14,18-19H,5-9,11-12H2,1-2H3/t14-,18?,19?/m1/s1. The monoisotopic (exact) mass is 451 g/mol. The third kappa shape index (κ3) is 7.40. The van der Waals surface area contributed by atoms with Gasteiger partial charge in [-0.2, -0.15) is 0 Å². The Morgan fingerprint density at radius 2 is 1.87 bits per heavy atom. The van der Waals surface area contributed by atoms with Crippen molar-refractivity contribution in [3.63, 3.8) is 0 Å². The van der Waals surface area contributed by atoms with Crippen LogP contribution < -0.4 is 9.47 Å². The Labute approximate surface area is 186 Å². The molecule has 1 aliphatic rings. The number of rotatable bonds is 10. The molecule has 0 radical (unpaired) electrons. The smallest absolute Gasteiger partial charge is 0.240 e. The highest BCUT2D eigenvalue weighted by atomic mass is 35.5. The van der Waals surface area contributed by atoms with Gasteiger partial charge in [0.2, 0.25) is 11.8 Å². The van der Waals surface area contributed by atoms with Gasteiger partial charge in [0.15, 0.2) is 5.02 Å². The van der Waals surface area contributed by atoms with E-state index in [-0.39, 0.29) is 47.3 Å². The van der Waals surface area contributed by atoms with Crippen molar-refractivity contribution in [2.45, 2.75) is 64.8 Å². The maximum Gasteiger partial charge on any atom is 0.240 e. The third-order valence-corrected chi connectivity index (χ3v) is 5.35. The molecular formula is C22H27ClFN3O4. The highest BCUT2D eigenvalue weighted by Gasteiger charge is 2.25. The normalized spacial score (nSPS) is 19.6. The molecule has 0 N–H and O–H groups in total. The SMILES string of the molecule is CC(=O)C[C@@H](C)COC1CCC(Oc2ncnc(OCc3ccc(F)cn3)c2Cl)CC1. The largest absolute Gasteiger partial charge is 0.473 e. The van der Waals surface area contributed by atoms with E-state index in [1.54, 1.807) is 6.92 Å². The lowest BCUT2D eigenvalue weighted by atomic mass is 9.94. The molecule has 2 aromatic heterocycles. The van der Waals surface area contributed by atoms with E-state index in [1.165, 1.54) is 18.5 Å². The van der Waals surface area contributed by atoms with Crippen molar-refractivity contribution in [3.05, 3.63) is 41.2 Å². The molecule has 1 aliphatic carbocycles. The van der Waals surface area contributed by atoms with Crippen molar-refractivity contribution in [1.82, 2.24) is 15.0 Å². The lowest BCUT2D eigenvalue weighted by molar-refractivity contribution is -0.118. The van der Waals surface area contributed by atoms with Gasteiger partial charge in [0.25, 0.3) is 0 Å². The van der Waals surface area contributed by atoms with Crippen LogP contribution in [0.3, 0.4) is 0 Å². The summed E-state index contributed by atoms with van der Waals surface area (Å²) >= 11 is 6.37. The quantitative estimate of drug-likeness (QED) is 0.523. The van der Waals surface area contributed by atoms with Crippen molar-refractivity contribution in [2.24, 2.45) is 5.92 Å². The van der Waals surface area contributed by atoms with Crippen LogP contribution in [0.15, 0.2) is 24.7 Å². The predicted octanol–water partition coefficient (Wildman–Crippen LogP) is 4.56. The fraction of sp³-hybridized carbons (Fsp3) is 0.545. The minimum Gasteiger partial charge on any atom is -0.473 e. The van der Waals surface area contributed by atoms with Crippen LogP contribution in [0, 0.1) is 11.7 Å². The number of hydrogen-bond acceptors (Lipinski definition) is 7. The van der Waals surface area contributed by atoms with Crippen LogP contribution in [0.5, 0.6) is 11.8 Å². The molecule has 1 saturated carbocycles. The zero-order valence-corrected chi connectivity index (χ0v) is 18.5. The van der Waals surface area contributed by atoms with Crippen molar-refractivity contribution in [1.29, 1.82) is 0 Å². The number of hydrogen-bond donors (Lipinski definition) is 0. The molecule has 0 spiro atoms. The Kier molecular flexibility index (Phi) is 8.54. The molecule has 9 heteroatoms. The maximum atomic E-state index is 13.0. The average molecular weight is 452 g/mol. The first-order valence-electron chi connectivity index (χ1n) is 10.4. The minimum atomic E-state index is -0.412. The third-order valence-electron chi connectivity index (χ3n) is 5.02. The molecule has 0 amide bonds. The average Bonchev–Trinajstić information content (AvgIpc) is 2.74. The molecule has 1 atom stereocenters. The van der Waals surface area contributed by atoms with Gasteiger partial charge < -0.3 is 19.0 Å². The number of carbonyl (C=O) groups excluding carboxylic acids is 1. The highest BCUT2D eigenvalue weighted by molar-refractivity contribution is 6.33. The van der Waals surface area contributed by atoms with E-state index in [4.69, 9.17) is 25.8 Å². The Morgan fingerprint density at radius 3 is 2.55 bits per heavy atom. The first-order chi connectivity index (χ1) is 14.9. The van der Waals surface area contributed by atoms with Gasteiger partial charge in [-0.05, 0) is 50.7 Å².